The van der Waals surface area contributed by atoms with Crippen LogP contribution in [0, 0.1) is 0 Å². The van der Waals surface area contributed by atoms with Crippen molar-refractivity contribution in [1.82, 2.24) is 0 Å². The molecule has 1 atom stereocenters. The quantitative estimate of drug-likeness (QED) is 0.0373. The van der Waals surface area contributed by atoms with E-state index in [0.717, 1.165) is 128 Å². The Hall–Kier alpha value is -4.48. The van der Waals surface area contributed by atoms with Gasteiger partial charge in [0.15, 0.2) is 6.10 Å². The minimum Gasteiger partial charge on any atom is -0.462 e. The Morgan fingerprint density at radius 2 is 0.512 bits per heavy atom. The first kappa shape index (κ1) is 79.5. The van der Waals surface area contributed by atoms with E-state index in [4.69, 9.17) is 9.47 Å². The first-order valence-corrected chi connectivity index (χ1v) is 35.0. The molecule has 0 fully saturated rings. The third-order valence-corrected chi connectivity index (χ3v) is 14.8. The Kier molecular flexibility index (Phi) is 68.9. The van der Waals surface area contributed by atoms with Gasteiger partial charge in [0, 0.05) is 12.8 Å². The van der Waals surface area contributed by atoms with Crippen LogP contribution in [0.25, 0.3) is 0 Å². The van der Waals surface area contributed by atoms with Crippen LogP contribution in [0.1, 0.15) is 309 Å². The first-order valence-electron chi connectivity index (χ1n) is 35.0. The molecular weight excluding hydrogens is 1030 g/mol. The average molecular weight is 1160 g/mol. The van der Waals surface area contributed by atoms with Gasteiger partial charge < -0.3 is 14.6 Å². The van der Waals surface area contributed by atoms with Crippen LogP contribution in [-0.4, -0.2) is 36.4 Å². The maximum atomic E-state index is 12.4. The fourth-order valence-corrected chi connectivity index (χ4v) is 9.59. The van der Waals surface area contributed by atoms with E-state index in [1.165, 1.54) is 154 Å². The van der Waals surface area contributed by atoms with Crippen LogP contribution in [0.4, 0.5) is 0 Å². The fraction of sp³-hybridized carbons (Fsp3) is 0.646. The summed E-state index contributed by atoms with van der Waals surface area (Å²) in [4.78, 5) is 24.6. The van der Waals surface area contributed by atoms with Crippen LogP contribution < -0.4 is 0 Å². The molecule has 0 saturated carbocycles. The van der Waals surface area contributed by atoms with E-state index in [1.54, 1.807) is 0 Å². The predicted octanol–water partition coefficient (Wildman–Crippen LogP) is 24.6. The number of hydrogen-bond donors (Lipinski definition) is 1. The van der Waals surface area contributed by atoms with Crippen molar-refractivity contribution in [1.29, 1.82) is 0 Å². The van der Waals surface area contributed by atoms with E-state index in [2.05, 4.69) is 172 Å². The zero-order valence-electron chi connectivity index (χ0n) is 54.6. The Balaban J connectivity index is 3.60. The van der Waals surface area contributed by atoms with E-state index >= 15 is 0 Å². The number of carbonyl (C=O) groups excluding carboxylic acids is 2. The summed E-state index contributed by atoms with van der Waals surface area (Å²) < 4.78 is 10.7. The lowest BCUT2D eigenvalue weighted by molar-refractivity contribution is -0.161. The van der Waals surface area contributed by atoms with Crippen LogP contribution in [0.2, 0.25) is 0 Å². The number of esters is 2. The van der Waals surface area contributed by atoms with E-state index in [9.17, 15) is 14.7 Å². The molecule has 1 N–H and O–H groups in total. The molecule has 0 heterocycles. The second kappa shape index (κ2) is 72.8. The maximum absolute atomic E-state index is 12.4. The van der Waals surface area contributed by atoms with Gasteiger partial charge in [0.25, 0.3) is 0 Å². The minimum atomic E-state index is -0.797. The van der Waals surface area contributed by atoms with Gasteiger partial charge in [0.05, 0.1) is 6.61 Å². The van der Waals surface area contributed by atoms with E-state index < -0.39 is 6.10 Å². The third-order valence-electron chi connectivity index (χ3n) is 14.8. The van der Waals surface area contributed by atoms with Crippen molar-refractivity contribution < 1.29 is 24.2 Å². The summed E-state index contributed by atoms with van der Waals surface area (Å²) in [5.41, 5.74) is 0. The van der Waals surface area contributed by atoms with Crippen LogP contribution in [0.15, 0.2) is 158 Å². The predicted molar refractivity (Wildman–Crippen MR) is 370 cm³/mol. The van der Waals surface area contributed by atoms with Crippen molar-refractivity contribution in [2.45, 2.75) is 315 Å². The molecule has 1 unspecified atom stereocenters. The van der Waals surface area contributed by atoms with Gasteiger partial charge in [-0.15, -0.1) is 0 Å². The van der Waals surface area contributed by atoms with Gasteiger partial charge in [-0.2, -0.15) is 0 Å². The van der Waals surface area contributed by atoms with Gasteiger partial charge in [-0.05, 0) is 128 Å². The summed E-state index contributed by atoms with van der Waals surface area (Å²) in [6.07, 6.45) is 111. The second-order valence-corrected chi connectivity index (χ2v) is 22.9. The van der Waals surface area contributed by atoms with Crippen molar-refractivity contribution in [2.75, 3.05) is 13.2 Å². The van der Waals surface area contributed by atoms with Crippen LogP contribution >= 0.6 is 0 Å². The molecule has 0 aromatic heterocycles. The lowest BCUT2D eigenvalue weighted by Gasteiger charge is -2.15. The topological polar surface area (TPSA) is 72.8 Å². The van der Waals surface area contributed by atoms with Crippen LogP contribution in [0.3, 0.4) is 0 Å². The van der Waals surface area contributed by atoms with Crippen LogP contribution in [0.5, 0.6) is 0 Å². The molecule has 5 heteroatoms. The molecule has 0 aliphatic heterocycles. The zero-order chi connectivity index (χ0) is 60.5. The molecule has 0 aromatic carbocycles. The number of unbranched alkanes of at least 4 members (excludes halogenated alkanes) is 29. The highest BCUT2D eigenvalue weighted by Gasteiger charge is 2.16. The molecule has 0 aliphatic carbocycles. The van der Waals surface area contributed by atoms with Crippen molar-refractivity contribution in [2.24, 2.45) is 0 Å². The fourth-order valence-electron chi connectivity index (χ4n) is 9.59. The highest BCUT2D eigenvalue weighted by molar-refractivity contribution is 5.70. The molecule has 0 saturated heterocycles. The molecule has 0 radical (unpaired) electrons. The van der Waals surface area contributed by atoms with Gasteiger partial charge in [0.2, 0.25) is 0 Å². The molecule has 84 heavy (non-hydrogen) atoms. The Bertz CT molecular complexity index is 1790. The Morgan fingerprint density at radius 3 is 0.786 bits per heavy atom. The molecule has 0 aromatic rings. The van der Waals surface area contributed by atoms with Crippen molar-refractivity contribution >= 4 is 11.9 Å². The van der Waals surface area contributed by atoms with Gasteiger partial charge in [0.1, 0.15) is 6.61 Å². The van der Waals surface area contributed by atoms with Crippen molar-refractivity contribution in [3.8, 4) is 0 Å². The molecule has 0 rings (SSSR count). The molecular formula is C79H130O5. The number of aliphatic hydroxyl groups is 1. The number of ether oxygens (including phenoxy) is 2. The number of carbonyl (C=O) groups is 2. The van der Waals surface area contributed by atoms with Gasteiger partial charge in [-0.1, -0.05) is 326 Å². The zero-order valence-corrected chi connectivity index (χ0v) is 54.6. The number of rotatable bonds is 63. The monoisotopic (exact) mass is 1160 g/mol. The number of allylic oxidation sites excluding steroid dienone is 26. The standard InChI is InChI=1S/C79H130O5/c1-3-5-7-9-11-13-15-17-19-21-23-25-27-29-31-33-34-35-36-37-38-39-40-41-42-43-44-46-48-50-52-54-56-58-60-62-64-66-68-70-72-74-79(82)84-77(75-80)76-83-78(81)73-71-69-67-65-63-61-59-57-55-53-51-49-47-45-32-30-28-26-24-22-20-18-16-14-12-10-8-6-4-2/h5,7,11,13,17,19,22-25,29,31,34-35,37-38,40-41,43-44,48,50,54,56,60,62,77,80H,3-4,6,8-10,12,14-16,18,20-21,26-28,30,32-33,36,39,42,45-47,49,51-53,55,57-59,61,63-76H2,1-2H3/b7-5-,13-11-,19-17-,24-22-,25-23-,31-29-,35-34-,38-37-,41-40-,44-43-,50-48-,56-54-,62-60-. The first-order chi connectivity index (χ1) is 41.6. The van der Waals surface area contributed by atoms with E-state index in [0.29, 0.717) is 12.8 Å². The molecule has 0 amide bonds. The summed E-state index contributed by atoms with van der Waals surface area (Å²) in [6, 6.07) is 0. The summed E-state index contributed by atoms with van der Waals surface area (Å²) in [5.74, 6) is -0.620. The van der Waals surface area contributed by atoms with Crippen molar-refractivity contribution in [3.05, 3.63) is 158 Å². The normalized spacial score (nSPS) is 13.2. The Morgan fingerprint density at radius 1 is 0.286 bits per heavy atom. The number of aliphatic hydroxyl groups excluding tert-OH is 1. The van der Waals surface area contributed by atoms with Gasteiger partial charge in [-0.25, -0.2) is 0 Å². The number of hydrogen-bond acceptors (Lipinski definition) is 5. The third kappa shape index (κ3) is 70.0. The molecule has 0 aliphatic rings. The van der Waals surface area contributed by atoms with Gasteiger partial charge >= 0.3 is 11.9 Å². The minimum absolute atomic E-state index is 0.0829. The van der Waals surface area contributed by atoms with Gasteiger partial charge in [-0.3, -0.25) is 9.59 Å². The summed E-state index contributed by atoms with van der Waals surface area (Å²) in [6.45, 7) is 4.02. The van der Waals surface area contributed by atoms with E-state index in [1.807, 2.05) is 0 Å². The summed E-state index contributed by atoms with van der Waals surface area (Å²) in [5, 5.41) is 9.70. The highest BCUT2D eigenvalue weighted by Crippen LogP contribution is 2.16. The lowest BCUT2D eigenvalue weighted by atomic mass is 10.0. The Labute approximate surface area is 520 Å². The molecule has 476 valence electrons. The molecule has 5 nitrogen and oxygen atoms in total. The maximum Gasteiger partial charge on any atom is 0.306 e. The second-order valence-electron chi connectivity index (χ2n) is 22.9. The smallest absolute Gasteiger partial charge is 0.306 e. The average Bonchev–Trinajstić information content (AvgIpc) is 3.51. The molecule has 0 spiro atoms. The largest absolute Gasteiger partial charge is 0.462 e. The summed E-state index contributed by atoms with van der Waals surface area (Å²) in [7, 11) is 0. The SMILES string of the molecule is CC/C=C\C/C=C\C/C=C\C/C=C\C/C=C\C/C=C\C/C=C\C/C=C\C/C=C\C/C=C\C/C=C\C/C=C\CCCCCCC(=O)OC(CO)COC(=O)CCCCCCCCCCCCCCCCCCC/C=C\CCCCCCCCCC. The highest BCUT2D eigenvalue weighted by atomic mass is 16.6. The van der Waals surface area contributed by atoms with Crippen LogP contribution in [-0.2, 0) is 19.1 Å². The summed E-state index contributed by atoms with van der Waals surface area (Å²) >= 11 is 0. The van der Waals surface area contributed by atoms with Crippen molar-refractivity contribution in [3.63, 3.8) is 0 Å². The lowest BCUT2D eigenvalue weighted by Crippen LogP contribution is -2.28. The van der Waals surface area contributed by atoms with E-state index in [-0.39, 0.29) is 25.2 Å². The molecule has 0 bridgehead atoms.